The standard InChI is InChI=1S/C24H30N2O13/c1-14-17-8-7-16(28)10-20(17)36-23(31)18(14)11-21(29)25-9-5-4-6-19(24(32)39-34-3)26(12-22(30)37-33)13-35-38-15(2)27/h7-8,10,19,28,33H,4-6,9,11-13H2,1-3H3,(H,25,29). The fourth-order valence-corrected chi connectivity index (χ4v) is 3.71. The maximum Gasteiger partial charge on any atom is 0.359 e. The lowest BCUT2D eigenvalue weighted by Crippen LogP contribution is -2.46. The van der Waals surface area contributed by atoms with Crippen LogP contribution in [0.15, 0.2) is 27.4 Å². The van der Waals surface area contributed by atoms with Gasteiger partial charge in [0.2, 0.25) is 5.91 Å². The largest absolute Gasteiger partial charge is 0.508 e. The predicted octanol–water partition coefficient (Wildman–Crippen LogP) is 0.880. The molecule has 0 saturated carbocycles. The van der Waals surface area contributed by atoms with E-state index < -0.39 is 48.8 Å². The van der Waals surface area contributed by atoms with E-state index >= 15 is 0 Å². The second kappa shape index (κ2) is 15.4. The number of nitrogens with zero attached hydrogens (tertiary/aromatic N) is 1. The highest BCUT2D eigenvalue weighted by atomic mass is 17.2. The van der Waals surface area contributed by atoms with Crippen LogP contribution in [0, 0.1) is 6.92 Å². The summed E-state index contributed by atoms with van der Waals surface area (Å²) in [7, 11) is 1.11. The molecule has 0 aliphatic carbocycles. The number of amides is 1. The molecule has 2 rings (SSSR count). The molecule has 0 radical (unpaired) electrons. The van der Waals surface area contributed by atoms with Crippen LogP contribution in [0.5, 0.6) is 5.75 Å². The Hall–Kier alpha value is -4.05. The van der Waals surface area contributed by atoms with Gasteiger partial charge in [-0.05, 0) is 43.9 Å². The van der Waals surface area contributed by atoms with E-state index in [1.54, 1.807) is 13.0 Å². The molecule has 1 atom stereocenters. The van der Waals surface area contributed by atoms with Crippen molar-refractivity contribution in [3.8, 4) is 5.75 Å². The number of nitrogens with one attached hydrogen (secondary N) is 1. The molecular formula is C24H30N2O13. The van der Waals surface area contributed by atoms with Gasteiger partial charge in [-0.3, -0.25) is 24.4 Å². The Kier molecular flexibility index (Phi) is 12.3. The number of benzene rings is 1. The molecule has 1 unspecified atom stereocenters. The van der Waals surface area contributed by atoms with Crippen molar-refractivity contribution >= 4 is 34.8 Å². The maximum absolute atomic E-state index is 12.5. The summed E-state index contributed by atoms with van der Waals surface area (Å²) in [4.78, 5) is 82.6. The third-order valence-electron chi connectivity index (χ3n) is 5.54. The number of rotatable bonds is 15. The summed E-state index contributed by atoms with van der Waals surface area (Å²) >= 11 is 0. The monoisotopic (exact) mass is 554 g/mol. The molecule has 0 bridgehead atoms. The zero-order chi connectivity index (χ0) is 28.9. The Morgan fingerprint density at radius 1 is 1.15 bits per heavy atom. The van der Waals surface area contributed by atoms with Crippen molar-refractivity contribution in [3.05, 3.63) is 39.7 Å². The van der Waals surface area contributed by atoms with Crippen LogP contribution in [0.1, 0.15) is 37.3 Å². The van der Waals surface area contributed by atoms with Crippen molar-refractivity contribution < 1.29 is 58.4 Å². The van der Waals surface area contributed by atoms with Crippen LogP contribution < -0.4 is 10.9 Å². The number of phenolic OH excluding ortho intramolecular Hbond substituents is 1. The second-order valence-corrected chi connectivity index (χ2v) is 8.31. The fourth-order valence-electron chi connectivity index (χ4n) is 3.71. The van der Waals surface area contributed by atoms with Crippen LogP contribution >= 0.6 is 0 Å². The van der Waals surface area contributed by atoms with E-state index in [1.165, 1.54) is 12.1 Å². The third-order valence-corrected chi connectivity index (χ3v) is 5.54. The second-order valence-electron chi connectivity index (χ2n) is 8.31. The van der Waals surface area contributed by atoms with E-state index in [0.29, 0.717) is 23.8 Å². The summed E-state index contributed by atoms with van der Waals surface area (Å²) in [6, 6.07) is 3.22. The van der Waals surface area contributed by atoms with Gasteiger partial charge >= 0.3 is 23.5 Å². The quantitative estimate of drug-likeness (QED) is 0.0920. The minimum absolute atomic E-state index is 0.0540. The zero-order valence-corrected chi connectivity index (χ0v) is 21.6. The highest BCUT2D eigenvalue weighted by molar-refractivity contribution is 5.85. The SMILES string of the molecule is COOC(=O)C(CCCCNC(=O)Cc1c(C)c2ccc(O)cc2oc1=O)N(COOC(C)=O)CC(=O)OO. The number of carbonyl (C=O) groups is 4. The van der Waals surface area contributed by atoms with E-state index in [9.17, 15) is 29.1 Å². The highest BCUT2D eigenvalue weighted by Gasteiger charge is 2.31. The van der Waals surface area contributed by atoms with E-state index in [1.807, 2.05) is 0 Å². The smallest absolute Gasteiger partial charge is 0.359 e. The lowest BCUT2D eigenvalue weighted by molar-refractivity contribution is -0.296. The zero-order valence-electron chi connectivity index (χ0n) is 21.6. The van der Waals surface area contributed by atoms with Gasteiger partial charge in [0.15, 0.2) is 0 Å². The lowest BCUT2D eigenvalue weighted by Gasteiger charge is -2.27. The Balaban J connectivity index is 1.96. The Bertz CT molecular complexity index is 1230. The predicted molar refractivity (Wildman–Crippen MR) is 129 cm³/mol. The average molecular weight is 555 g/mol. The summed E-state index contributed by atoms with van der Waals surface area (Å²) < 4.78 is 5.23. The number of fused-ring (bicyclic) bond motifs is 1. The number of hydrogen-bond donors (Lipinski definition) is 3. The Morgan fingerprint density at radius 2 is 1.90 bits per heavy atom. The maximum atomic E-state index is 12.5. The highest BCUT2D eigenvalue weighted by Crippen LogP contribution is 2.23. The third kappa shape index (κ3) is 9.64. The number of aromatic hydroxyl groups is 1. The number of phenols is 1. The summed E-state index contributed by atoms with van der Waals surface area (Å²) in [5.74, 6) is -3.27. The van der Waals surface area contributed by atoms with Gasteiger partial charge < -0.3 is 14.8 Å². The first-order chi connectivity index (χ1) is 18.6. The molecular weight excluding hydrogens is 524 g/mol. The van der Waals surface area contributed by atoms with Crippen molar-refractivity contribution in [3.63, 3.8) is 0 Å². The van der Waals surface area contributed by atoms with E-state index in [0.717, 1.165) is 18.9 Å². The van der Waals surface area contributed by atoms with Crippen molar-refractivity contribution in [2.24, 2.45) is 0 Å². The van der Waals surface area contributed by atoms with Crippen molar-refractivity contribution in [1.29, 1.82) is 0 Å². The summed E-state index contributed by atoms with van der Waals surface area (Å²) in [5.41, 5.74) is 0.279. The average Bonchev–Trinajstić information content (AvgIpc) is 2.87. The Morgan fingerprint density at radius 3 is 2.56 bits per heavy atom. The molecule has 0 saturated heterocycles. The first-order valence-corrected chi connectivity index (χ1v) is 11.7. The summed E-state index contributed by atoms with van der Waals surface area (Å²) in [5, 5.41) is 21.5. The molecule has 1 amide bonds. The van der Waals surface area contributed by atoms with Crippen LogP contribution in [-0.4, -0.2) is 72.1 Å². The minimum atomic E-state index is -1.14. The number of unbranched alkanes of at least 4 members (excludes halogenated alkanes) is 1. The molecule has 2 aromatic rings. The topological polar surface area (TPSA) is 200 Å². The van der Waals surface area contributed by atoms with Crippen LogP contribution in [-0.2, 0) is 50.0 Å². The molecule has 0 aliphatic heterocycles. The van der Waals surface area contributed by atoms with Crippen molar-refractivity contribution in [2.75, 3.05) is 26.9 Å². The van der Waals surface area contributed by atoms with E-state index in [-0.39, 0.29) is 36.3 Å². The number of carbonyl (C=O) groups excluding carboxylic acids is 4. The normalized spacial score (nSPS) is 11.7. The first-order valence-electron chi connectivity index (χ1n) is 11.7. The van der Waals surface area contributed by atoms with Crippen LogP contribution in [0.25, 0.3) is 11.0 Å². The van der Waals surface area contributed by atoms with Gasteiger partial charge in [-0.25, -0.2) is 19.2 Å². The van der Waals surface area contributed by atoms with Gasteiger partial charge in [-0.15, -0.1) is 0 Å². The van der Waals surface area contributed by atoms with Gasteiger partial charge in [0, 0.05) is 24.9 Å². The van der Waals surface area contributed by atoms with Crippen LogP contribution in [0.3, 0.4) is 0 Å². The summed E-state index contributed by atoms with van der Waals surface area (Å²) in [6.45, 7) is 1.80. The van der Waals surface area contributed by atoms with Crippen molar-refractivity contribution in [2.45, 2.75) is 45.6 Å². The molecule has 1 heterocycles. The first kappa shape index (κ1) is 31.2. The lowest BCUT2D eigenvalue weighted by atomic mass is 10.0. The van der Waals surface area contributed by atoms with Gasteiger partial charge in [0.05, 0.1) is 19.1 Å². The van der Waals surface area contributed by atoms with Gasteiger partial charge in [0.25, 0.3) is 0 Å². The molecule has 0 aliphatic rings. The molecule has 214 valence electrons. The van der Waals surface area contributed by atoms with E-state index in [2.05, 4.69) is 24.9 Å². The Labute approximate surface area is 221 Å². The van der Waals surface area contributed by atoms with Crippen LogP contribution in [0.2, 0.25) is 0 Å². The fraction of sp³-hybridized carbons (Fsp3) is 0.458. The molecule has 39 heavy (non-hydrogen) atoms. The molecule has 15 nitrogen and oxygen atoms in total. The minimum Gasteiger partial charge on any atom is -0.508 e. The molecule has 3 N–H and O–H groups in total. The van der Waals surface area contributed by atoms with Gasteiger partial charge in [-0.2, -0.15) is 15.0 Å². The molecule has 0 fully saturated rings. The number of aryl methyl sites for hydroxylation is 1. The molecule has 15 heteroatoms. The molecule has 0 spiro atoms. The number of hydrogen-bond acceptors (Lipinski definition) is 14. The molecule has 1 aromatic carbocycles. The summed E-state index contributed by atoms with van der Waals surface area (Å²) in [6.07, 6.45) is 0.581. The van der Waals surface area contributed by atoms with Gasteiger partial charge in [-0.1, -0.05) is 0 Å². The van der Waals surface area contributed by atoms with E-state index in [4.69, 9.17) is 14.6 Å². The van der Waals surface area contributed by atoms with Crippen LogP contribution in [0.4, 0.5) is 0 Å². The molecule has 1 aromatic heterocycles. The van der Waals surface area contributed by atoms with Crippen molar-refractivity contribution in [1.82, 2.24) is 10.2 Å². The van der Waals surface area contributed by atoms with Gasteiger partial charge in [0.1, 0.15) is 30.6 Å².